The molecule has 1 aromatic carbocycles. The molecular weight excluding hydrogens is 260 g/mol. The van der Waals surface area contributed by atoms with Crippen LogP contribution in [0.3, 0.4) is 0 Å². The smallest absolute Gasteiger partial charge is 0.311 e. The Morgan fingerprint density at radius 2 is 2.18 bits per heavy atom. The van der Waals surface area contributed by atoms with Crippen LogP contribution in [-0.4, -0.2) is 13.0 Å². The largest absolute Gasteiger partial charge is 0.315 e. The van der Waals surface area contributed by atoms with Crippen molar-refractivity contribution in [2.45, 2.75) is 13.5 Å². The summed E-state index contributed by atoms with van der Waals surface area (Å²) in [5.74, 6) is 0. The Morgan fingerprint density at radius 1 is 1.47 bits per heavy atom. The maximum atomic E-state index is 10.8. The number of thiazole rings is 1. The summed E-state index contributed by atoms with van der Waals surface area (Å²) >= 11 is 1.40. The molecule has 0 amide bonds. The van der Waals surface area contributed by atoms with E-state index >= 15 is 0 Å². The summed E-state index contributed by atoms with van der Waals surface area (Å²) in [4.78, 5) is 2.51. The minimum atomic E-state index is -3.81. The molecule has 1 aromatic heterocycles. The van der Waals surface area contributed by atoms with Gasteiger partial charge in [-0.25, -0.2) is 5.14 Å². The predicted molar refractivity (Wildman–Crippen MR) is 67.3 cm³/mol. The lowest BCUT2D eigenvalue weighted by Gasteiger charge is -1.99. The first-order valence-electron chi connectivity index (χ1n) is 4.93. The van der Waals surface area contributed by atoms with Gasteiger partial charge in [0.1, 0.15) is 0 Å². The molecule has 0 atom stereocenters. The van der Waals surface area contributed by atoms with E-state index in [9.17, 15) is 8.42 Å². The third-order valence-electron chi connectivity index (χ3n) is 2.17. The highest BCUT2D eigenvalue weighted by Crippen LogP contribution is 2.16. The molecule has 0 aliphatic heterocycles. The molecule has 3 N–H and O–H groups in total. The zero-order valence-corrected chi connectivity index (χ0v) is 10.8. The summed E-state index contributed by atoms with van der Waals surface area (Å²) in [6.45, 7) is 2.67. The maximum absolute atomic E-state index is 10.8. The number of rotatable bonds is 3. The molecule has 6 nitrogen and oxygen atoms in total. The second kappa shape index (κ2) is 4.47. The number of nitrogens with two attached hydrogens (primary N) is 1. The number of para-hydroxylation sites is 1. The van der Waals surface area contributed by atoms with Gasteiger partial charge in [-0.15, -0.1) is 5.10 Å². The zero-order valence-electron chi connectivity index (χ0n) is 9.12. The van der Waals surface area contributed by atoms with E-state index in [1.54, 1.807) is 0 Å². The van der Waals surface area contributed by atoms with Crippen molar-refractivity contribution in [1.82, 2.24) is 9.40 Å². The number of nitrogens with one attached hydrogen (secondary N) is 1. The van der Waals surface area contributed by atoms with Crippen molar-refractivity contribution in [3.05, 3.63) is 29.1 Å². The third-order valence-corrected chi connectivity index (χ3v) is 3.58. The fourth-order valence-electron chi connectivity index (χ4n) is 1.51. The Balaban J connectivity index is 2.61. The van der Waals surface area contributed by atoms with Crippen LogP contribution in [0, 0.1) is 0 Å². The van der Waals surface area contributed by atoms with Crippen LogP contribution in [0.1, 0.15) is 6.92 Å². The van der Waals surface area contributed by atoms with E-state index < -0.39 is 10.2 Å². The number of hydrogen-bond acceptors (Lipinski definition) is 4. The van der Waals surface area contributed by atoms with E-state index in [0.717, 1.165) is 10.2 Å². The Hall–Kier alpha value is -1.38. The molecule has 2 aromatic rings. The molecule has 0 aliphatic carbocycles. The predicted octanol–water partition coefficient (Wildman–Crippen LogP) is 0.332. The number of benzene rings is 1. The second-order valence-corrected chi connectivity index (χ2v) is 5.63. The molecule has 17 heavy (non-hydrogen) atoms. The molecule has 0 unspecified atom stereocenters. The van der Waals surface area contributed by atoms with Gasteiger partial charge in [-0.3, -0.25) is 0 Å². The molecular formula is C9H12N4O2S2. The average molecular weight is 272 g/mol. The van der Waals surface area contributed by atoms with E-state index in [2.05, 4.69) is 5.10 Å². The molecule has 0 spiro atoms. The highest BCUT2D eigenvalue weighted by atomic mass is 32.2. The molecule has 0 aliphatic rings. The standard InChI is InChI=1S/C9H12N4O2S2/c1-2-13-7-5-3-4-6-8(7)16-9(13)11-12-17(10,14)15/h3-6,12H,2H2,1H3,(H2,10,14,15)/b11-9-. The van der Waals surface area contributed by atoms with Crippen LogP contribution in [-0.2, 0) is 16.8 Å². The van der Waals surface area contributed by atoms with E-state index in [0.29, 0.717) is 11.3 Å². The van der Waals surface area contributed by atoms with Gasteiger partial charge in [0.15, 0.2) is 0 Å². The van der Waals surface area contributed by atoms with Gasteiger partial charge in [0.05, 0.1) is 10.2 Å². The number of nitrogens with zero attached hydrogens (tertiary/aromatic N) is 2. The summed E-state index contributed by atoms with van der Waals surface area (Å²) in [5.41, 5.74) is 1.02. The Labute approximate surface area is 103 Å². The summed E-state index contributed by atoms with van der Waals surface area (Å²) in [5, 5.41) is 8.64. The zero-order chi connectivity index (χ0) is 12.5. The highest BCUT2D eigenvalue weighted by Gasteiger charge is 2.04. The first-order valence-corrected chi connectivity index (χ1v) is 7.29. The van der Waals surface area contributed by atoms with Gasteiger partial charge in [0.2, 0.25) is 4.80 Å². The van der Waals surface area contributed by atoms with Gasteiger partial charge in [0, 0.05) is 6.54 Å². The van der Waals surface area contributed by atoms with Crippen molar-refractivity contribution < 1.29 is 8.42 Å². The first-order chi connectivity index (χ1) is 8.01. The molecule has 0 bridgehead atoms. The van der Waals surface area contributed by atoms with Crippen LogP contribution in [0.15, 0.2) is 29.4 Å². The maximum Gasteiger partial charge on any atom is 0.311 e. The fourth-order valence-corrected chi connectivity index (χ4v) is 2.84. The molecule has 0 saturated heterocycles. The van der Waals surface area contributed by atoms with Crippen LogP contribution in [0.4, 0.5) is 0 Å². The fraction of sp³-hybridized carbons (Fsp3) is 0.222. The second-order valence-electron chi connectivity index (χ2n) is 3.34. The minimum absolute atomic E-state index is 0.572. The lowest BCUT2D eigenvalue weighted by Crippen LogP contribution is -2.29. The van der Waals surface area contributed by atoms with Crippen LogP contribution >= 0.6 is 11.3 Å². The average Bonchev–Trinajstić information content (AvgIpc) is 2.63. The third kappa shape index (κ3) is 2.65. The van der Waals surface area contributed by atoms with Crippen molar-refractivity contribution in [2.24, 2.45) is 10.2 Å². The van der Waals surface area contributed by atoms with E-state index in [1.165, 1.54) is 11.3 Å². The van der Waals surface area contributed by atoms with Gasteiger partial charge < -0.3 is 4.57 Å². The molecule has 0 radical (unpaired) electrons. The molecule has 0 saturated carbocycles. The van der Waals surface area contributed by atoms with E-state index in [1.807, 2.05) is 40.6 Å². The Bertz CT molecular complexity index is 699. The summed E-state index contributed by atoms with van der Waals surface area (Å²) in [6, 6.07) is 7.78. The monoisotopic (exact) mass is 272 g/mol. The number of aromatic nitrogens is 1. The molecule has 1 heterocycles. The van der Waals surface area contributed by atoms with Gasteiger partial charge in [-0.1, -0.05) is 23.5 Å². The number of fused-ring (bicyclic) bond motifs is 1. The number of aryl methyl sites for hydroxylation is 1. The van der Waals surface area contributed by atoms with Gasteiger partial charge in [-0.05, 0) is 19.1 Å². The lowest BCUT2D eigenvalue weighted by atomic mass is 10.3. The quantitative estimate of drug-likeness (QED) is 0.789. The van der Waals surface area contributed by atoms with Crippen LogP contribution in [0.5, 0.6) is 0 Å². The molecule has 92 valence electrons. The summed E-state index contributed by atoms with van der Waals surface area (Å²) in [7, 11) is -3.81. The SMILES string of the molecule is CCn1/c(=N/NS(N)(=O)=O)sc2ccccc21. The van der Waals surface area contributed by atoms with Gasteiger partial charge in [-0.2, -0.15) is 13.2 Å². The van der Waals surface area contributed by atoms with Crippen molar-refractivity contribution >= 4 is 31.8 Å². The van der Waals surface area contributed by atoms with Crippen molar-refractivity contribution in [3.8, 4) is 0 Å². The van der Waals surface area contributed by atoms with E-state index in [-0.39, 0.29) is 0 Å². The van der Waals surface area contributed by atoms with E-state index in [4.69, 9.17) is 5.14 Å². The normalized spacial score (nSPS) is 13.2. The minimum Gasteiger partial charge on any atom is -0.315 e. The lowest BCUT2D eigenvalue weighted by molar-refractivity contribution is 0.583. The molecule has 0 fully saturated rings. The molecule has 8 heteroatoms. The van der Waals surface area contributed by atoms with Crippen molar-refractivity contribution in [1.29, 1.82) is 0 Å². The topological polar surface area (TPSA) is 89.5 Å². The molecule has 2 rings (SSSR count). The van der Waals surface area contributed by atoms with Gasteiger partial charge >= 0.3 is 10.2 Å². The number of hydrogen-bond donors (Lipinski definition) is 2. The van der Waals surface area contributed by atoms with Crippen molar-refractivity contribution in [2.75, 3.05) is 0 Å². The highest BCUT2D eigenvalue weighted by molar-refractivity contribution is 7.87. The Kier molecular flexibility index (Phi) is 3.18. The van der Waals surface area contributed by atoms with Crippen LogP contribution in [0.2, 0.25) is 0 Å². The summed E-state index contributed by atoms with van der Waals surface area (Å²) in [6.07, 6.45) is 0. The Morgan fingerprint density at radius 3 is 2.82 bits per heavy atom. The van der Waals surface area contributed by atoms with Crippen LogP contribution < -0.4 is 14.8 Å². The summed E-state index contributed by atoms with van der Waals surface area (Å²) < 4.78 is 24.5. The first kappa shape index (κ1) is 12.1. The van der Waals surface area contributed by atoms with Gasteiger partial charge in [0.25, 0.3) is 0 Å². The van der Waals surface area contributed by atoms with Crippen LogP contribution in [0.25, 0.3) is 10.2 Å². The van der Waals surface area contributed by atoms with Crippen molar-refractivity contribution in [3.63, 3.8) is 0 Å².